The van der Waals surface area contributed by atoms with Crippen LogP contribution >= 0.6 is 0 Å². The first-order valence-electron chi connectivity index (χ1n) is 8.08. The monoisotopic (exact) mass is 309 g/mol. The van der Waals surface area contributed by atoms with E-state index in [0.29, 0.717) is 5.75 Å². The highest BCUT2D eigenvalue weighted by molar-refractivity contribution is 5.52. The largest absolute Gasteiger partial charge is 0.508 e. The van der Waals surface area contributed by atoms with E-state index >= 15 is 0 Å². The zero-order valence-corrected chi connectivity index (χ0v) is 13.5. The van der Waals surface area contributed by atoms with Crippen LogP contribution < -0.4 is 0 Å². The van der Waals surface area contributed by atoms with Gasteiger partial charge in [-0.2, -0.15) is 0 Å². The van der Waals surface area contributed by atoms with Gasteiger partial charge in [-0.05, 0) is 18.6 Å². The molecule has 1 N–H and O–H groups in total. The van der Waals surface area contributed by atoms with Crippen LogP contribution in [0.15, 0.2) is 54.6 Å². The number of aromatic hydroxyl groups is 1. The van der Waals surface area contributed by atoms with E-state index in [1.54, 1.807) is 6.07 Å². The molecule has 0 unspecified atom stereocenters. The lowest BCUT2D eigenvalue weighted by molar-refractivity contribution is 0.0250. The van der Waals surface area contributed by atoms with Gasteiger partial charge in [-0.15, -0.1) is 0 Å². The molecule has 2 aromatic carbocycles. The van der Waals surface area contributed by atoms with Crippen molar-refractivity contribution >= 4 is 6.08 Å². The second-order valence-electron chi connectivity index (χ2n) is 5.92. The van der Waals surface area contributed by atoms with Crippen LogP contribution in [0.4, 0.5) is 0 Å². The summed E-state index contributed by atoms with van der Waals surface area (Å²) in [6.45, 7) is 5.31. The third-order valence-corrected chi connectivity index (χ3v) is 4.24. The predicted octanol–water partition coefficient (Wildman–Crippen LogP) is 3.79. The topological polar surface area (TPSA) is 32.7 Å². The lowest BCUT2D eigenvalue weighted by Gasteiger charge is -2.33. The van der Waals surface area contributed by atoms with E-state index < -0.39 is 0 Å². The van der Waals surface area contributed by atoms with Gasteiger partial charge in [0.2, 0.25) is 0 Å². The van der Waals surface area contributed by atoms with Gasteiger partial charge in [0.15, 0.2) is 0 Å². The molecule has 1 aliphatic heterocycles. The molecule has 1 aliphatic rings. The molecule has 3 rings (SSSR count). The van der Waals surface area contributed by atoms with E-state index in [4.69, 9.17) is 4.74 Å². The predicted molar refractivity (Wildman–Crippen MR) is 93.5 cm³/mol. The van der Waals surface area contributed by atoms with Crippen LogP contribution in [-0.2, 0) is 4.74 Å². The Morgan fingerprint density at radius 2 is 1.74 bits per heavy atom. The van der Waals surface area contributed by atoms with Crippen molar-refractivity contribution in [3.63, 3.8) is 0 Å². The summed E-state index contributed by atoms with van der Waals surface area (Å²) < 4.78 is 5.46. The van der Waals surface area contributed by atoms with Crippen molar-refractivity contribution in [2.24, 2.45) is 0 Å². The Hall–Kier alpha value is -2.10. The molecule has 120 valence electrons. The average Bonchev–Trinajstić information content (AvgIpc) is 2.59. The second-order valence-corrected chi connectivity index (χ2v) is 5.92. The maximum atomic E-state index is 10.3. The van der Waals surface area contributed by atoms with Gasteiger partial charge in [0.1, 0.15) is 5.75 Å². The zero-order valence-electron chi connectivity index (χ0n) is 13.5. The molecular weight excluding hydrogens is 286 g/mol. The molecule has 2 aromatic rings. The number of phenolic OH excluding ortho intramolecular Hbond substituents is 1. The Morgan fingerprint density at radius 1 is 1.04 bits per heavy atom. The number of nitrogens with zero attached hydrogens (tertiary/aromatic N) is 1. The normalized spacial score (nSPS) is 17.4. The van der Waals surface area contributed by atoms with Gasteiger partial charge >= 0.3 is 0 Å². The molecule has 1 heterocycles. The molecule has 1 fully saturated rings. The van der Waals surface area contributed by atoms with Crippen molar-refractivity contribution in [1.29, 1.82) is 0 Å². The van der Waals surface area contributed by atoms with E-state index in [2.05, 4.69) is 48.2 Å². The van der Waals surface area contributed by atoms with Crippen LogP contribution in [-0.4, -0.2) is 36.3 Å². The van der Waals surface area contributed by atoms with E-state index in [-0.39, 0.29) is 6.04 Å². The van der Waals surface area contributed by atoms with E-state index in [0.717, 1.165) is 31.9 Å². The quantitative estimate of drug-likeness (QED) is 0.933. The van der Waals surface area contributed by atoms with Gasteiger partial charge < -0.3 is 9.84 Å². The SMILES string of the molecule is Cc1ccc(/C=C/[C@H](c2ccccc2O)N2CCOCC2)cc1. The van der Waals surface area contributed by atoms with Crippen molar-refractivity contribution in [1.82, 2.24) is 4.90 Å². The van der Waals surface area contributed by atoms with Crippen molar-refractivity contribution in [2.45, 2.75) is 13.0 Å². The van der Waals surface area contributed by atoms with Crippen LogP contribution in [0.2, 0.25) is 0 Å². The van der Waals surface area contributed by atoms with Crippen LogP contribution in [0.25, 0.3) is 6.08 Å². The Kier molecular flexibility index (Phi) is 5.11. The number of benzene rings is 2. The molecular formula is C20H23NO2. The number of para-hydroxylation sites is 1. The summed E-state index contributed by atoms with van der Waals surface area (Å²) in [6.07, 6.45) is 4.30. The summed E-state index contributed by atoms with van der Waals surface area (Å²) in [6, 6.07) is 16.1. The fraction of sp³-hybridized carbons (Fsp3) is 0.300. The number of phenols is 1. The smallest absolute Gasteiger partial charge is 0.120 e. The molecule has 0 bridgehead atoms. The van der Waals surface area contributed by atoms with Gasteiger partial charge in [0.05, 0.1) is 19.3 Å². The Balaban J connectivity index is 1.88. The molecule has 0 saturated carbocycles. The molecule has 1 atom stereocenters. The molecule has 23 heavy (non-hydrogen) atoms. The fourth-order valence-corrected chi connectivity index (χ4v) is 2.90. The standard InChI is InChI=1S/C20H23NO2/c1-16-6-8-17(9-7-16)10-11-19(21-12-14-23-15-13-21)18-4-2-3-5-20(18)22/h2-11,19,22H,12-15H2,1H3/b11-10+/t19-/m1/s1. The number of ether oxygens (including phenoxy) is 1. The number of rotatable bonds is 4. The first-order chi connectivity index (χ1) is 11.2. The summed E-state index contributed by atoms with van der Waals surface area (Å²) in [7, 11) is 0. The summed E-state index contributed by atoms with van der Waals surface area (Å²) in [5.41, 5.74) is 3.37. The minimum Gasteiger partial charge on any atom is -0.508 e. The third kappa shape index (κ3) is 4.01. The highest BCUT2D eigenvalue weighted by Crippen LogP contribution is 2.30. The maximum Gasteiger partial charge on any atom is 0.120 e. The lowest BCUT2D eigenvalue weighted by Crippen LogP contribution is -2.38. The van der Waals surface area contributed by atoms with Gasteiger partial charge in [-0.25, -0.2) is 0 Å². The molecule has 0 aromatic heterocycles. The molecule has 0 aliphatic carbocycles. The first kappa shape index (κ1) is 15.8. The summed E-state index contributed by atoms with van der Waals surface area (Å²) in [4.78, 5) is 2.35. The maximum absolute atomic E-state index is 10.3. The highest BCUT2D eigenvalue weighted by Gasteiger charge is 2.22. The van der Waals surface area contributed by atoms with Gasteiger partial charge in [-0.1, -0.05) is 60.2 Å². The molecule has 0 amide bonds. The average molecular weight is 309 g/mol. The Morgan fingerprint density at radius 3 is 2.43 bits per heavy atom. The summed E-state index contributed by atoms with van der Waals surface area (Å²) >= 11 is 0. The van der Waals surface area contributed by atoms with Crippen LogP contribution in [0.5, 0.6) is 5.75 Å². The van der Waals surface area contributed by atoms with Crippen LogP contribution in [0.1, 0.15) is 22.7 Å². The van der Waals surface area contributed by atoms with Crippen LogP contribution in [0.3, 0.4) is 0 Å². The van der Waals surface area contributed by atoms with E-state index in [1.807, 2.05) is 18.2 Å². The highest BCUT2D eigenvalue weighted by atomic mass is 16.5. The van der Waals surface area contributed by atoms with Crippen LogP contribution in [0, 0.1) is 6.92 Å². The van der Waals surface area contributed by atoms with Gasteiger partial charge in [0.25, 0.3) is 0 Å². The lowest BCUT2D eigenvalue weighted by atomic mass is 10.0. The fourth-order valence-electron chi connectivity index (χ4n) is 2.90. The minimum absolute atomic E-state index is 0.0569. The Bertz CT molecular complexity index is 658. The van der Waals surface area contributed by atoms with E-state index in [1.165, 1.54) is 11.1 Å². The minimum atomic E-state index is 0.0569. The number of aryl methyl sites for hydroxylation is 1. The number of hydrogen-bond acceptors (Lipinski definition) is 3. The first-order valence-corrected chi connectivity index (χ1v) is 8.08. The second kappa shape index (κ2) is 7.44. The molecule has 3 heteroatoms. The van der Waals surface area contributed by atoms with Crippen molar-refractivity contribution in [3.8, 4) is 5.75 Å². The molecule has 1 saturated heterocycles. The van der Waals surface area contributed by atoms with E-state index in [9.17, 15) is 5.11 Å². The summed E-state index contributed by atoms with van der Waals surface area (Å²) in [5.74, 6) is 0.345. The zero-order chi connectivity index (χ0) is 16.1. The summed E-state index contributed by atoms with van der Waals surface area (Å²) in [5, 5.41) is 10.3. The molecule has 0 spiro atoms. The van der Waals surface area contributed by atoms with Crippen molar-refractivity contribution < 1.29 is 9.84 Å². The molecule has 0 radical (unpaired) electrons. The van der Waals surface area contributed by atoms with Crippen molar-refractivity contribution in [3.05, 3.63) is 71.3 Å². The number of morpholine rings is 1. The van der Waals surface area contributed by atoms with Gasteiger partial charge in [0, 0.05) is 18.7 Å². The van der Waals surface area contributed by atoms with Crippen molar-refractivity contribution in [2.75, 3.05) is 26.3 Å². The Labute approximate surface area is 137 Å². The van der Waals surface area contributed by atoms with Gasteiger partial charge in [-0.3, -0.25) is 4.90 Å². The molecule has 3 nitrogen and oxygen atoms in total. The number of hydrogen-bond donors (Lipinski definition) is 1. The third-order valence-electron chi connectivity index (χ3n) is 4.24.